The van der Waals surface area contributed by atoms with Crippen LogP contribution in [-0.4, -0.2) is 33.2 Å². The largest absolute Gasteiger partial charge is 0.444 e. The first kappa shape index (κ1) is 18.9. The number of benzene rings is 2. The normalized spacial score (nSPS) is 12.8. The van der Waals surface area contributed by atoms with Crippen molar-refractivity contribution >= 4 is 17.1 Å². The summed E-state index contributed by atoms with van der Waals surface area (Å²) in [6.45, 7) is 7.35. The van der Waals surface area contributed by atoms with Crippen LogP contribution in [0, 0.1) is 5.82 Å². The molecule has 1 aromatic heterocycles. The quantitative estimate of drug-likeness (QED) is 0.646. The van der Waals surface area contributed by atoms with Gasteiger partial charge in [-0.05, 0) is 52.0 Å². The zero-order chi connectivity index (χ0) is 19.8. The Labute approximate surface area is 158 Å². The molecular weight excluding hydrogens is 345 g/mol. The van der Waals surface area contributed by atoms with E-state index in [0.29, 0.717) is 16.9 Å². The maximum absolute atomic E-state index is 13.9. The van der Waals surface area contributed by atoms with E-state index < -0.39 is 11.7 Å². The second-order valence-corrected chi connectivity index (χ2v) is 7.54. The highest BCUT2D eigenvalue weighted by Crippen LogP contribution is 2.29. The summed E-state index contributed by atoms with van der Waals surface area (Å²) < 4.78 is 21.2. The molecule has 0 radical (unpaired) electrons. The van der Waals surface area contributed by atoms with E-state index in [0.717, 1.165) is 5.69 Å². The lowest BCUT2D eigenvalue weighted by Gasteiger charge is -2.28. The van der Waals surface area contributed by atoms with Gasteiger partial charge in [-0.15, -0.1) is 0 Å². The van der Waals surface area contributed by atoms with Crippen LogP contribution in [0.25, 0.3) is 16.7 Å². The zero-order valence-corrected chi connectivity index (χ0v) is 16.2. The van der Waals surface area contributed by atoms with Gasteiger partial charge in [0.25, 0.3) is 0 Å². The fourth-order valence-corrected chi connectivity index (χ4v) is 2.86. The average Bonchev–Trinajstić information content (AvgIpc) is 2.98. The number of carbonyl (C=O) groups is 1. The second-order valence-electron chi connectivity index (χ2n) is 7.54. The van der Waals surface area contributed by atoms with E-state index >= 15 is 0 Å². The molecule has 0 saturated carbocycles. The molecule has 0 fully saturated rings. The first-order valence-corrected chi connectivity index (χ1v) is 8.86. The Kier molecular flexibility index (Phi) is 4.91. The number of imidazole rings is 1. The molecule has 1 heterocycles. The summed E-state index contributed by atoms with van der Waals surface area (Å²) in [5.41, 5.74) is 1.58. The van der Waals surface area contributed by atoms with Crippen molar-refractivity contribution in [3.63, 3.8) is 0 Å². The van der Waals surface area contributed by atoms with Gasteiger partial charge >= 0.3 is 6.09 Å². The van der Waals surface area contributed by atoms with Gasteiger partial charge in [-0.2, -0.15) is 0 Å². The lowest BCUT2D eigenvalue weighted by molar-refractivity contribution is 0.0226. The van der Waals surface area contributed by atoms with Crippen molar-refractivity contribution in [2.75, 3.05) is 7.05 Å². The number of nitrogens with zero attached hydrogens (tertiary/aromatic N) is 3. The van der Waals surface area contributed by atoms with Crippen LogP contribution < -0.4 is 0 Å². The van der Waals surface area contributed by atoms with Gasteiger partial charge in [0, 0.05) is 18.8 Å². The highest BCUT2D eigenvalue weighted by atomic mass is 19.1. The van der Waals surface area contributed by atoms with Crippen LogP contribution in [0.2, 0.25) is 0 Å². The van der Waals surface area contributed by atoms with E-state index in [4.69, 9.17) is 4.74 Å². The SMILES string of the molecule is CC(c1nc2ccc(F)cc2n1-c1ccccc1)N(C)C(=O)OC(C)(C)C. The summed E-state index contributed by atoms with van der Waals surface area (Å²) in [6, 6.07) is 13.7. The third-order valence-electron chi connectivity index (χ3n) is 4.29. The molecule has 0 aliphatic rings. The Hall–Kier alpha value is -2.89. The first-order valence-electron chi connectivity index (χ1n) is 8.86. The smallest absolute Gasteiger partial charge is 0.410 e. The number of carbonyl (C=O) groups excluding carboxylic acids is 1. The monoisotopic (exact) mass is 369 g/mol. The van der Waals surface area contributed by atoms with E-state index in [1.54, 1.807) is 13.1 Å². The lowest BCUT2D eigenvalue weighted by atomic mass is 10.2. The zero-order valence-electron chi connectivity index (χ0n) is 16.2. The first-order chi connectivity index (χ1) is 12.7. The Morgan fingerprint density at radius 3 is 2.48 bits per heavy atom. The number of halogens is 1. The molecule has 0 bridgehead atoms. The van der Waals surface area contributed by atoms with Crippen molar-refractivity contribution in [2.24, 2.45) is 0 Å². The molecule has 142 valence electrons. The van der Waals surface area contributed by atoms with E-state index in [2.05, 4.69) is 4.98 Å². The number of rotatable bonds is 3. The van der Waals surface area contributed by atoms with Crippen LogP contribution in [0.5, 0.6) is 0 Å². The topological polar surface area (TPSA) is 47.4 Å². The van der Waals surface area contributed by atoms with Crippen LogP contribution >= 0.6 is 0 Å². The maximum Gasteiger partial charge on any atom is 0.410 e. The molecule has 27 heavy (non-hydrogen) atoms. The molecule has 1 amide bonds. The molecule has 0 saturated heterocycles. The lowest BCUT2D eigenvalue weighted by Crippen LogP contribution is -2.36. The summed E-state index contributed by atoms with van der Waals surface area (Å²) in [7, 11) is 1.67. The highest BCUT2D eigenvalue weighted by Gasteiger charge is 2.27. The minimum atomic E-state index is -0.590. The molecule has 3 rings (SSSR count). The van der Waals surface area contributed by atoms with Gasteiger partial charge in [0.1, 0.15) is 17.2 Å². The van der Waals surface area contributed by atoms with Gasteiger partial charge in [0.05, 0.1) is 17.1 Å². The Morgan fingerprint density at radius 2 is 1.85 bits per heavy atom. The van der Waals surface area contributed by atoms with Crippen LogP contribution in [0.1, 0.15) is 39.6 Å². The minimum Gasteiger partial charge on any atom is -0.444 e. The van der Waals surface area contributed by atoms with Crippen molar-refractivity contribution in [1.29, 1.82) is 0 Å². The molecule has 0 spiro atoms. The number of hydrogen-bond acceptors (Lipinski definition) is 3. The predicted octanol–water partition coefficient (Wildman–Crippen LogP) is 5.09. The molecule has 5 nitrogen and oxygen atoms in total. The van der Waals surface area contributed by atoms with Crippen LogP contribution in [0.4, 0.5) is 9.18 Å². The standard InChI is InChI=1S/C21H24FN3O2/c1-14(24(5)20(26)27-21(2,3)4)19-23-17-12-11-15(22)13-18(17)25(19)16-9-7-6-8-10-16/h6-14H,1-5H3. The summed E-state index contributed by atoms with van der Waals surface area (Å²) in [4.78, 5) is 18.7. The molecule has 0 aliphatic carbocycles. The summed E-state index contributed by atoms with van der Waals surface area (Å²) in [5.74, 6) is 0.300. The van der Waals surface area contributed by atoms with Gasteiger partial charge in [-0.3, -0.25) is 4.57 Å². The predicted molar refractivity (Wildman–Crippen MR) is 103 cm³/mol. The van der Waals surface area contributed by atoms with Gasteiger partial charge in [0.2, 0.25) is 0 Å². The second kappa shape index (κ2) is 7.02. The van der Waals surface area contributed by atoms with Gasteiger partial charge in [-0.25, -0.2) is 14.2 Å². The maximum atomic E-state index is 13.9. The van der Waals surface area contributed by atoms with E-state index in [1.165, 1.54) is 17.0 Å². The summed E-state index contributed by atoms with van der Waals surface area (Å²) in [6.07, 6.45) is -0.437. The highest BCUT2D eigenvalue weighted by molar-refractivity contribution is 5.79. The molecule has 2 aromatic carbocycles. The van der Waals surface area contributed by atoms with E-state index in [9.17, 15) is 9.18 Å². The fourth-order valence-electron chi connectivity index (χ4n) is 2.86. The molecule has 6 heteroatoms. The number of hydrogen-bond donors (Lipinski definition) is 0. The van der Waals surface area contributed by atoms with E-state index in [-0.39, 0.29) is 11.9 Å². The Bertz CT molecular complexity index is 961. The van der Waals surface area contributed by atoms with Crippen LogP contribution in [-0.2, 0) is 4.74 Å². The average molecular weight is 369 g/mol. The number of aromatic nitrogens is 2. The van der Waals surface area contributed by atoms with Crippen molar-refractivity contribution in [3.05, 3.63) is 60.2 Å². The molecular formula is C21H24FN3O2. The van der Waals surface area contributed by atoms with Crippen LogP contribution in [0.3, 0.4) is 0 Å². The fraction of sp³-hybridized carbons (Fsp3) is 0.333. The molecule has 1 unspecified atom stereocenters. The molecule has 1 atom stereocenters. The number of para-hydroxylation sites is 1. The van der Waals surface area contributed by atoms with Crippen molar-refractivity contribution in [3.8, 4) is 5.69 Å². The third kappa shape index (κ3) is 3.94. The third-order valence-corrected chi connectivity index (χ3v) is 4.29. The molecule has 0 aliphatic heterocycles. The van der Waals surface area contributed by atoms with Crippen LogP contribution in [0.15, 0.2) is 48.5 Å². The van der Waals surface area contributed by atoms with Gasteiger partial charge in [0.15, 0.2) is 0 Å². The van der Waals surface area contributed by atoms with Crippen molar-refractivity contribution in [2.45, 2.75) is 39.3 Å². The van der Waals surface area contributed by atoms with Crippen molar-refractivity contribution < 1.29 is 13.9 Å². The van der Waals surface area contributed by atoms with E-state index in [1.807, 2.05) is 62.6 Å². The number of ether oxygens (including phenoxy) is 1. The van der Waals surface area contributed by atoms with Crippen molar-refractivity contribution in [1.82, 2.24) is 14.5 Å². The molecule has 0 N–H and O–H groups in total. The van der Waals surface area contributed by atoms with Gasteiger partial charge in [-0.1, -0.05) is 18.2 Å². The number of amides is 1. The summed E-state index contributed by atoms with van der Waals surface area (Å²) >= 11 is 0. The van der Waals surface area contributed by atoms with Gasteiger partial charge < -0.3 is 9.64 Å². The molecule has 3 aromatic rings. The minimum absolute atomic E-state index is 0.334. The summed E-state index contributed by atoms with van der Waals surface area (Å²) in [5, 5.41) is 0. The Balaban J connectivity index is 2.09. The number of fused-ring (bicyclic) bond motifs is 1. The Morgan fingerprint density at radius 1 is 1.19 bits per heavy atom.